The molecular weight excluding hydrogens is 206 g/mol. The Morgan fingerprint density at radius 3 is 3.06 bits per heavy atom. The van der Waals surface area contributed by atoms with Crippen LogP contribution in [0.3, 0.4) is 0 Å². The Bertz CT molecular complexity index is 357. The number of nitrogen functional groups attached to an aromatic ring is 1. The van der Waals surface area contributed by atoms with Crippen molar-refractivity contribution in [3.05, 3.63) is 12.4 Å². The van der Waals surface area contributed by atoms with Gasteiger partial charge < -0.3 is 15.4 Å². The van der Waals surface area contributed by atoms with Gasteiger partial charge >= 0.3 is 0 Å². The average Bonchev–Trinajstić information content (AvgIpc) is 2.78. The standard InChI is InChI=1S/C10H17N5O/c1-7(16)8-2-3-15(5-8)10-4-9(14-11)12-6-13-10/h4,6-8,16H,2-3,5,11H2,1H3,(H,12,13,14). The molecule has 2 unspecified atom stereocenters. The van der Waals surface area contributed by atoms with Crippen LogP contribution in [0, 0.1) is 5.92 Å². The van der Waals surface area contributed by atoms with E-state index in [1.807, 2.05) is 13.0 Å². The minimum absolute atomic E-state index is 0.265. The molecule has 0 radical (unpaired) electrons. The molecule has 2 rings (SSSR count). The van der Waals surface area contributed by atoms with Gasteiger partial charge in [0, 0.05) is 25.1 Å². The lowest BCUT2D eigenvalue weighted by Gasteiger charge is -2.18. The summed E-state index contributed by atoms with van der Waals surface area (Å²) in [5, 5.41) is 9.53. The first kappa shape index (κ1) is 11.1. The van der Waals surface area contributed by atoms with E-state index >= 15 is 0 Å². The molecule has 2 heterocycles. The van der Waals surface area contributed by atoms with E-state index in [1.165, 1.54) is 6.33 Å². The Balaban J connectivity index is 2.08. The van der Waals surface area contributed by atoms with Crippen LogP contribution < -0.4 is 16.2 Å². The monoisotopic (exact) mass is 223 g/mol. The predicted molar refractivity (Wildman–Crippen MR) is 61.8 cm³/mol. The van der Waals surface area contributed by atoms with Crippen molar-refractivity contribution in [2.45, 2.75) is 19.4 Å². The number of aliphatic hydroxyl groups excluding tert-OH is 1. The molecule has 1 aliphatic heterocycles. The van der Waals surface area contributed by atoms with E-state index in [9.17, 15) is 5.11 Å². The molecule has 6 nitrogen and oxygen atoms in total. The zero-order valence-corrected chi connectivity index (χ0v) is 9.30. The Kier molecular flexibility index (Phi) is 3.21. The minimum atomic E-state index is -0.265. The molecule has 6 heteroatoms. The highest BCUT2D eigenvalue weighted by Crippen LogP contribution is 2.24. The van der Waals surface area contributed by atoms with E-state index in [0.717, 1.165) is 25.3 Å². The molecule has 0 saturated carbocycles. The van der Waals surface area contributed by atoms with Gasteiger partial charge in [-0.05, 0) is 13.3 Å². The Labute approximate surface area is 94.5 Å². The minimum Gasteiger partial charge on any atom is -0.393 e. The number of nitrogens with zero attached hydrogens (tertiary/aromatic N) is 3. The van der Waals surface area contributed by atoms with Gasteiger partial charge in [0.15, 0.2) is 0 Å². The second-order valence-corrected chi connectivity index (χ2v) is 4.14. The summed E-state index contributed by atoms with van der Waals surface area (Å²) < 4.78 is 0. The van der Waals surface area contributed by atoms with Crippen LogP contribution in [0.4, 0.5) is 11.6 Å². The van der Waals surface area contributed by atoms with Gasteiger partial charge in [-0.1, -0.05) is 0 Å². The highest BCUT2D eigenvalue weighted by atomic mass is 16.3. The number of nitrogens with one attached hydrogen (secondary N) is 1. The van der Waals surface area contributed by atoms with Crippen molar-refractivity contribution in [2.24, 2.45) is 11.8 Å². The summed E-state index contributed by atoms with van der Waals surface area (Å²) in [4.78, 5) is 10.3. The van der Waals surface area contributed by atoms with Crippen molar-refractivity contribution in [3.8, 4) is 0 Å². The van der Waals surface area contributed by atoms with Crippen LogP contribution in [0.5, 0.6) is 0 Å². The highest BCUT2D eigenvalue weighted by molar-refractivity contribution is 5.48. The zero-order chi connectivity index (χ0) is 11.5. The van der Waals surface area contributed by atoms with E-state index in [1.54, 1.807) is 0 Å². The highest BCUT2D eigenvalue weighted by Gasteiger charge is 2.26. The fourth-order valence-corrected chi connectivity index (χ4v) is 1.99. The summed E-state index contributed by atoms with van der Waals surface area (Å²) in [5.74, 6) is 7.07. The van der Waals surface area contributed by atoms with Gasteiger partial charge in [-0.2, -0.15) is 0 Å². The number of rotatable bonds is 3. The third-order valence-corrected chi connectivity index (χ3v) is 3.03. The molecular formula is C10H17N5O. The Morgan fingerprint density at radius 2 is 2.44 bits per heavy atom. The molecule has 0 amide bonds. The molecule has 0 spiro atoms. The number of hydrogen-bond donors (Lipinski definition) is 3. The van der Waals surface area contributed by atoms with Crippen LogP contribution in [0.2, 0.25) is 0 Å². The molecule has 1 fully saturated rings. The van der Waals surface area contributed by atoms with Gasteiger partial charge in [0.25, 0.3) is 0 Å². The molecule has 16 heavy (non-hydrogen) atoms. The zero-order valence-electron chi connectivity index (χ0n) is 9.30. The number of hydrogen-bond acceptors (Lipinski definition) is 6. The molecule has 2 atom stereocenters. The summed E-state index contributed by atoms with van der Waals surface area (Å²) in [5.41, 5.74) is 2.50. The topological polar surface area (TPSA) is 87.3 Å². The second-order valence-electron chi connectivity index (χ2n) is 4.14. The smallest absolute Gasteiger partial charge is 0.145 e. The van der Waals surface area contributed by atoms with Gasteiger partial charge in [0.1, 0.15) is 18.0 Å². The Morgan fingerprint density at radius 1 is 1.62 bits per heavy atom. The molecule has 0 aliphatic carbocycles. The van der Waals surface area contributed by atoms with E-state index in [2.05, 4.69) is 20.3 Å². The molecule has 4 N–H and O–H groups in total. The van der Waals surface area contributed by atoms with Crippen LogP contribution in [0.1, 0.15) is 13.3 Å². The molecule has 1 aliphatic rings. The number of aliphatic hydroxyl groups is 1. The number of nitrogens with two attached hydrogens (primary N) is 1. The maximum Gasteiger partial charge on any atom is 0.145 e. The van der Waals surface area contributed by atoms with Crippen molar-refractivity contribution in [3.63, 3.8) is 0 Å². The van der Waals surface area contributed by atoms with Gasteiger partial charge in [0.05, 0.1) is 6.10 Å². The maximum atomic E-state index is 9.53. The molecule has 88 valence electrons. The van der Waals surface area contributed by atoms with E-state index in [-0.39, 0.29) is 6.10 Å². The lowest BCUT2D eigenvalue weighted by molar-refractivity contribution is 0.136. The summed E-state index contributed by atoms with van der Waals surface area (Å²) >= 11 is 0. The second kappa shape index (κ2) is 4.63. The predicted octanol–water partition coefficient (Wildman–Crippen LogP) is -0.0307. The maximum absolute atomic E-state index is 9.53. The first-order valence-corrected chi connectivity index (χ1v) is 5.42. The molecule has 1 aromatic rings. The fraction of sp³-hybridized carbons (Fsp3) is 0.600. The summed E-state index contributed by atoms with van der Waals surface area (Å²) in [6.45, 7) is 3.58. The third kappa shape index (κ3) is 2.23. The van der Waals surface area contributed by atoms with Crippen molar-refractivity contribution in [1.82, 2.24) is 9.97 Å². The quantitative estimate of drug-likeness (QED) is 0.492. The van der Waals surface area contributed by atoms with Gasteiger partial charge in [0.2, 0.25) is 0 Å². The normalized spacial score (nSPS) is 22.2. The average molecular weight is 223 g/mol. The van der Waals surface area contributed by atoms with Gasteiger partial charge in [-0.25, -0.2) is 15.8 Å². The van der Waals surface area contributed by atoms with Gasteiger partial charge in [-0.15, -0.1) is 0 Å². The summed E-state index contributed by atoms with van der Waals surface area (Å²) in [6.07, 6.45) is 2.21. The van der Waals surface area contributed by atoms with Crippen molar-refractivity contribution in [2.75, 3.05) is 23.4 Å². The van der Waals surface area contributed by atoms with Crippen LogP contribution in [-0.2, 0) is 0 Å². The van der Waals surface area contributed by atoms with Crippen LogP contribution in [0.25, 0.3) is 0 Å². The summed E-state index contributed by atoms with van der Waals surface area (Å²) in [6, 6.07) is 1.81. The SMILES string of the molecule is CC(O)C1CCN(c2cc(NN)ncn2)C1. The first-order chi connectivity index (χ1) is 7.70. The van der Waals surface area contributed by atoms with E-state index in [0.29, 0.717) is 11.7 Å². The number of hydrazine groups is 1. The van der Waals surface area contributed by atoms with Crippen LogP contribution >= 0.6 is 0 Å². The third-order valence-electron chi connectivity index (χ3n) is 3.03. The van der Waals surface area contributed by atoms with E-state index < -0.39 is 0 Å². The molecule has 0 aromatic carbocycles. The fourth-order valence-electron chi connectivity index (χ4n) is 1.99. The van der Waals surface area contributed by atoms with Crippen LogP contribution in [-0.4, -0.2) is 34.3 Å². The number of aromatic nitrogens is 2. The Hall–Kier alpha value is -1.40. The number of anilines is 2. The molecule has 1 aromatic heterocycles. The molecule has 1 saturated heterocycles. The molecule has 0 bridgehead atoms. The van der Waals surface area contributed by atoms with Gasteiger partial charge in [-0.3, -0.25) is 0 Å². The van der Waals surface area contributed by atoms with E-state index in [4.69, 9.17) is 5.84 Å². The van der Waals surface area contributed by atoms with Crippen molar-refractivity contribution < 1.29 is 5.11 Å². The summed E-state index contributed by atoms with van der Waals surface area (Å²) in [7, 11) is 0. The first-order valence-electron chi connectivity index (χ1n) is 5.42. The van der Waals surface area contributed by atoms with Crippen LogP contribution in [0.15, 0.2) is 12.4 Å². The van der Waals surface area contributed by atoms with Crippen molar-refractivity contribution in [1.29, 1.82) is 0 Å². The lowest BCUT2D eigenvalue weighted by Crippen LogP contribution is -2.24. The lowest BCUT2D eigenvalue weighted by atomic mass is 10.0. The largest absolute Gasteiger partial charge is 0.393 e. The van der Waals surface area contributed by atoms with Crippen molar-refractivity contribution >= 4 is 11.6 Å².